The van der Waals surface area contributed by atoms with Crippen LogP contribution < -0.4 is 0 Å². The third-order valence-electron chi connectivity index (χ3n) is 8.27. The zero-order valence-electron chi connectivity index (χ0n) is 26.5. The summed E-state index contributed by atoms with van der Waals surface area (Å²) in [6.45, 7) is 14.1. The third kappa shape index (κ3) is 24.1. The number of hydrogen-bond acceptors (Lipinski definition) is 0. The molecule has 0 saturated carbocycles. The van der Waals surface area contributed by atoms with Gasteiger partial charge in [-0.1, -0.05) is 201 Å². The fourth-order valence-electron chi connectivity index (χ4n) is 5.71. The Morgan fingerprint density at radius 2 is 0.583 bits per heavy atom. The molecule has 0 saturated heterocycles. The Morgan fingerprint density at radius 1 is 0.333 bits per heavy atom. The second-order valence-electron chi connectivity index (χ2n) is 13.4. The fraction of sp³-hybridized carbons (Fsp3) is 0.944. The lowest BCUT2D eigenvalue weighted by atomic mass is 9.72. The highest BCUT2D eigenvalue weighted by Gasteiger charge is 2.26. The molecule has 0 amide bonds. The number of rotatable bonds is 27. The normalized spacial score (nSPS) is 14.1. The molecule has 0 spiro atoms. The minimum absolute atomic E-state index is 0.296. The molecule has 0 rings (SSSR count). The van der Waals surface area contributed by atoms with Gasteiger partial charge in [-0.3, -0.25) is 0 Å². The number of allylic oxidation sites excluding steroid dienone is 2. The summed E-state index contributed by atoms with van der Waals surface area (Å²) in [5.41, 5.74) is 0.756. The summed E-state index contributed by atoms with van der Waals surface area (Å²) in [6, 6.07) is 0. The van der Waals surface area contributed by atoms with Crippen molar-refractivity contribution in [3.8, 4) is 0 Å². The van der Waals surface area contributed by atoms with Gasteiger partial charge >= 0.3 is 0 Å². The van der Waals surface area contributed by atoms with Crippen LogP contribution in [0.2, 0.25) is 0 Å². The first kappa shape index (κ1) is 35.7. The zero-order valence-corrected chi connectivity index (χ0v) is 26.5. The monoisotopic (exact) mass is 505 g/mol. The molecule has 0 aliphatic heterocycles. The van der Waals surface area contributed by atoms with Gasteiger partial charge in [0, 0.05) is 0 Å². The Kier molecular flexibility index (Phi) is 24.9. The quantitative estimate of drug-likeness (QED) is 0.0770. The van der Waals surface area contributed by atoms with Crippen LogP contribution in [0.15, 0.2) is 12.2 Å². The summed E-state index contributed by atoms with van der Waals surface area (Å²) in [5, 5.41) is 0. The van der Waals surface area contributed by atoms with Crippen LogP contribution in [-0.4, -0.2) is 0 Å². The van der Waals surface area contributed by atoms with Gasteiger partial charge in [-0.05, 0) is 30.1 Å². The van der Waals surface area contributed by atoms with E-state index in [-0.39, 0.29) is 0 Å². The van der Waals surface area contributed by atoms with Gasteiger partial charge in [0.1, 0.15) is 0 Å². The van der Waals surface area contributed by atoms with Crippen LogP contribution in [0, 0.1) is 10.8 Å². The van der Waals surface area contributed by atoms with E-state index in [0.717, 1.165) is 0 Å². The Morgan fingerprint density at radius 3 is 0.833 bits per heavy atom. The summed E-state index contributed by atoms with van der Waals surface area (Å²) in [7, 11) is 0. The Bertz CT molecular complexity index is 453. The van der Waals surface area contributed by atoms with Crippen molar-refractivity contribution >= 4 is 0 Å². The maximum absolute atomic E-state index is 2.72. The molecule has 1 atom stereocenters. The van der Waals surface area contributed by atoms with Gasteiger partial charge in [-0.25, -0.2) is 0 Å². The molecular formula is C36H72. The smallest absolute Gasteiger partial charge is 0.0118 e. The van der Waals surface area contributed by atoms with Crippen molar-refractivity contribution in [1.82, 2.24) is 0 Å². The average molecular weight is 505 g/mol. The predicted molar refractivity (Wildman–Crippen MR) is 168 cm³/mol. The van der Waals surface area contributed by atoms with Crippen LogP contribution in [-0.2, 0) is 0 Å². The Hall–Kier alpha value is -0.260. The summed E-state index contributed by atoms with van der Waals surface area (Å²) in [6.07, 6.45) is 42.6. The van der Waals surface area contributed by atoms with Crippen molar-refractivity contribution in [2.24, 2.45) is 10.8 Å². The second-order valence-corrected chi connectivity index (χ2v) is 13.4. The number of unbranched alkanes of at least 4 members (excludes halogenated alkanes) is 20. The van der Waals surface area contributed by atoms with Gasteiger partial charge in [-0.15, -0.1) is 0 Å². The van der Waals surface area contributed by atoms with Crippen molar-refractivity contribution in [1.29, 1.82) is 0 Å². The van der Waals surface area contributed by atoms with Crippen LogP contribution in [0.1, 0.15) is 208 Å². The molecule has 0 aromatic carbocycles. The SMILES string of the molecule is CCCCCCCCCCCCC(/C=C/C(C)(C)C)(CCCCCCC)CCCCCCCCCC. The molecule has 0 nitrogen and oxygen atoms in total. The summed E-state index contributed by atoms with van der Waals surface area (Å²) in [4.78, 5) is 0. The molecule has 1 unspecified atom stereocenters. The fourth-order valence-corrected chi connectivity index (χ4v) is 5.71. The van der Waals surface area contributed by atoms with E-state index in [2.05, 4.69) is 53.7 Å². The molecule has 0 heterocycles. The molecule has 0 aromatic rings. The van der Waals surface area contributed by atoms with Gasteiger partial charge in [0.15, 0.2) is 0 Å². The summed E-state index contributed by atoms with van der Waals surface area (Å²) < 4.78 is 0. The maximum Gasteiger partial charge on any atom is -0.0118 e. The van der Waals surface area contributed by atoms with E-state index >= 15 is 0 Å². The number of hydrogen-bond donors (Lipinski definition) is 0. The van der Waals surface area contributed by atoms with E-state index in [1.807, 2.05) is 0 Å². The van der Waals surface area contributed by atoms with Crippen LogP contribution in [0.25, 0.3) is 0 Å². The molecule has 36 heavy (non-hydrogen) atoms. The first-order chi connectivity index (χ1) is 17.4. The lowest BCUT2D eigenvalue weighted by molar-refractivity contribution is 0.261. The van der Waals surface area contributed by atoms with E-state index in [9.17, 15) is 0 Å². The van der Waals surface area contributed by atoms with Gasteiger partial charge < -0.3 is 0 Å². The van der Waals surface area contributed by atoms with Crippen LogP contribution in [0.3, 0.4) is 0 Å². The van der Waals surface area contributed by atoms with E-state index < -0.39 is 0 Å². The van der Waals surface area contributed by atoms with E-state index in [4.69, 9.17) is 0 Å². The van der Waals surface area contributed by atoms with Crippen molar-refractivity contribution < 1.29 is 0 Å². The molecule has 0 N–H and O–H groups in total. The highest BCUT2D eigenvalue weighted by Crippen LogP contribution is 2.40. The molecule has 0 aromatic heterocycles. The molecule has 216 valence electrons. The lowest BCUT2D eigenvalue weighted by Crippen LogP contribution is -2.20. The molecule has 0 fully saturated rings. The Labute approximate surface area is 231 Å². The minimum Gasteiger partial charge on any atom is -0.0826 e. The minimum atomic E-state index is 0.296. The van der Waals surface area contributed by atoms with Crippen LogP contribution in [0.5, 0.6) is 0 Å². The molecule has 0 aliphatic carbocycles. The van der Waals surface area contributed by atoms with Crippen molar-refractivity contribution in [3.05, 3.63) is 12.2 Å². The van der Waals surface area contributed by atoms with Gasteiger partial charge in [0.2, 0.25) is 0 Å². The van der Waals surface area contributed by atoms with Crippen molar-refractivity contribution in [2.45, 2.75) is 208 Å². The van der Waals surface area contributed by atoms with Crippen LogP contribution >= 0.6 is 0 Å². The predicted octanol–water partition coefficient (Wildman–Crippen LogP) is 13.8. The molecule has 0 bridgehead atoms. The first-order valence-electron chi connectivity index (χ1n) is 17.1. The standard InChI is InChI=1S/C36H72/c1-7-10-13-16-18-20-21-23-26-29-32-36(34-33-35(4,5)6,30-27-24-15-12-9-3)31-28-25-22-19-17-14-11-8-2/h33-34H,7-32H2,1-6H3/b34-33+. The largest absolute Gasteiger partial charge is 0.0826 e. The van der Waals surface area contributed by atoms with Gasteiger partial charge in [-0.2, -0.15) is 0 Å². The summed E-state index contributed by atoms with van der Waals surface area (Å²) >= 11 is 0. The third-order valence-corrected chi connectivity index (χ3v) is 8.27. The lowest BCUT2D eigenvalue weighted by Gasteiger charge is -2.33. The molecule has 0 aliphatic rings. The van der Waals surface area contributed by atoms with Crippen molar-refractivity contribution in [2.75, 3.05) is 0 Å². The maximum atomic E-state index is 2.72. The van der Waals surface area contributed by atoms with Crippen LogP contribution in [0.4, 0.5) is 0 Å². The van der Waals surface area contributed by atoms with Gasteiger partial charge in [0.25, 0.3) is 0 Å². The highest BCUT2D eigenvalue weighted by atomic mass is 14.3. The molecule has 0 radical (unpaired) electrons. The average Bonchev–Trinajstić information content (AvgIpc) is 2.85. The van der Waals surface area contributed by atoms with Gasteiger partial charge in [0.05, 0.1) is 0 Å². The highest BCUT2D eigenvalue weighted by molar-refractivity contribution is 5.04. The van der Waals surface area contributed by atoms with E-state index in [0.29, 0.717) is 10.8 Å². The second kappa shape index (κ2) is 25.0. The Balaban J connectivity index is 4.75. The van der Waals surface area contributed by atoms with E-state index in [1.54, 1.807) is 0 Å². The molecular weight excluding hydrogens is 432 g/mol. The topological polar surface area (TPSA) is 0 Å². The zero-order chi connectivity index (χ0) is 26.8. The van der Waals surface area contributed by atoms with Crippen molar-refractivity contribution in [3.63, 3.8) is 0 Å². The van der Waals surface area contributed by atoms with E-state index in [1.165, 1.54) is 167 Å². The first-order valence-corrected chi connectivity index (χ1v) is 17.1. The summed E-state index contributed by atoms with van der Waals surface area (Å²) in [5.74, 6) is 0. The molecule has 0 heteroatoms.